The number of carbonyl (C=O) groups excluding carboxylic acids is 3. The number of nitrogens with zero attached hydrogens (tertiary/aromatic N) is 3. The van der Waals surface area contributed by atoms with Crippen molar-refractivity contribution in [3.63, 3.8) is 0 Å². The summed E-state index contributed by atoms with van der Waals surface area (Å²) >= 11 is 0. The van der Waals surface area contributed by atoms with Crippen molar-refractivity contribution in [2.75, 3.05) is 19.6 Å². The number of piperidine rings is 1. The van der Waals surface area contributed by atoms with Crippen LogP contribution in [0.2, 0.25) is 0 Å². The van der Waals surface area contributed by atoms with Crippen LogP contribution in [0.3, 0.4) is 0 Å². The van der Waals surface area contributed by atoms with Crippen molar-refractivity contribution in [2.45, 2.75) is 83.4 Å². The minimum absolute atomic E-state index is 0.0432. The molecule has 36 heavy (non-hydrogen) atoms. The molecule has 4 heterocycles. The minimum Gasteiger partial charge on any atom is -0.444 e. The largest absolute Gasteiger partial charge is 0.444 e. The molecule has 1 aromatic rings. The van der Waals surface area contributed by atoms with Crippen molar-refractivity contribution >= 4 is 17.9 Å². The van der Waals surface area contributed by atoms with Crippen LogP contribution in [0, 0.1) is 23.7 Å². The third-order valence-corrected chi connectivity index (χ3v) is 8.68. The summed E-state index contributed by atoms with van der Waals surface area (Å²) in [6, 6.07) is 4.01. The summed E-state index contributed by atoms with van der Waals surface area (Å²) in [6.45, 7) is 7.74. The molecule has 2 unspecified atom stereocenters. The Kier molecular flexibility index (Phi) is 6.97. The number of hydrogen-bond acceptors (Lipinski definition) is 5. The molecule has 5 rings (SSSR count). The van der Waals surface area contributed by atoms with Crippen LogP contribution in [-0.2, 0) is 20.7 Å². The lowest BCUT2D eigenvalue weighted by atomic mass is 9.81. The average molecular weight is 497 g/mol. The van der Waals surface area contributed by atoms with Gasteiger partial charge in [-0.25, -0.2) is 4.79 Å². The molecule has 0 spiro atoms. The smallest absolute Gasteiger partial charge is 0.410 e. The maximum Gasteiger partial charge on any atom is 0.410 e. The van der Waals surface area contributed by atoms with E-state index in [9.17, 15) is 14.4 Å². The molecule has 4 fully saturated rings. The Bertz CT molecular complexity index is 964. The second-order valence-electron chi connectivity index (χ2n) is 12.2. The molecule has 8 heteroatoms. The molecule has 1 aromatic heterocycles. The van der Waals surface area contributed by atoms with E-state index in [1.807, 2.05) is 44.0 Å². The predicted molar refractivity (Wildman–Crippen MR) is 135 cm³/mol. The summed E-state index contributed by atoms with van der Waals surface area (Å²) in [5, 5.41) is 3.08. The van der Waals surface area contributed by atoms with Gasteiger partial charge in [0.05, 0.1) is 5.92 Å². The van der Waals surface area contributed by atoms with Crippen LogP contribution in [0.1, 0.15) is 64.9 Å². The maximum atomic E-state index is 13.6. The van der Waals surface area contributed by atoms with Gasteiger partial charge >= 0.3 is 6.09 Å². The third kappa shape index (κ3) is 5.23. The van der Waals surface area contributed by atoms with Gasteiger partial charge in [-0.2, -0.15) is 0 Å². The molecule has 5 atom stereocenters. The van der Waals surface area contributed by atoms with Gasteiger partial charge in [-0.3, -0.25) is 14.6 Å². The number of ether oxygens (including phenoxy) is 1. The van der Waals surface area contributed by atoms with Gasteiger partial charge in [0.15, 0.2) is 0 Å². The Balaban J connectivity index is 1.13. The van der Waals surface area contributed by atoms with Crippen LogP contribution in [0.4, 0.5) is 4.79 Å². The molecule has 3 aliphatic heterocycles. The summed E-state index contributed by atoms with van der Waals surface area (Å²) < 4.78 is 5.65. The maximum absolute atomic E-state index is 13.6. The summed E-state index contributed by atoms with van der Waals surface area (Å²) in [4.78, 5) is 47.2. The summed E-state index contributed by atoms with van der Waals surface area (Å²) in [5.74, 6) is 1.32. The first kappa shape index (κ1) is 25.0. The summed E-state index contributed by atoms with van der Waals surface area (Å²) in [5.41, 5.74) is 0.584. The standard InChI is InChI=1S/C28H40N4O4/c1-28(2,3)36-27(35)32-21-8-9-24(32)23(13-21)26(34)31-16-19-6-7-20(17-31)22(19)14-25(33)30-12-10-18-5-4-11-29-15-18/h4-5,11,15,19-24H,6-10,12-14,16-17H2,1-3H3,(H,30,33)/t19?,20?,21-,22?,23+,24-/m1/s1. The topological polar surface area (TPSA) is 91.8 Å². The molecule has 1 N–H and O–H groups in total. The number of fused-ring (bicyclic) bond motifs is 4. The van der Waals surface area contributed by atoms with Gasteiger partial charge in [0, 0.05) is 50.5 Å². The highest BCUT2D eigenvalue weighted by Gasteiger charge is 2.54. The number of rotatable bonds is 6. The van der Waals surface area contributed by atoms with Gasteiger partial charge in [-0.05, 0) is 88.7 Å². The van der Waals surface area contributed by atoms with Crippen LogP contribution in [-0.4, -0.2) is 70.0 Å². The van der Waals surface area contributed by atoms with E-state index in [1.54, 1.807) is 6.20 Å². The van der Waals surface area contributed by atoms with E-state index < -0.39 is 5.60 Å². The van der Waals surface area contributed by atoms with Crippen LogP contribution < -0.4 is 5.32 Å². The third-order valence-electron chi connectivity index (χ3n) is 8.68. The van der Waals surface area contributed by atoms with E-state index in [1.165, 1.54) is 0 Å². The lowest BCUT2D eigenvalue weighted by molar-refractivity contribution is -0.139. The second kappa shape index (κ2) is 10.0. The fourth-order valence-corrected chi connectivity index (χ4v) is 7.11. The first-order valence-electron chi connectivity index (χ1n) is 13.7. The molecule has 0 radical (unpaired) electrons. The fourth-order valence-electron chi connectivity index (χ4n) is 7.11. The lowest BCUT2D eigenvalue weighted by Crippen LogP contribution is -2.50. The van der Waals surface area contributed by atoms with Crippen molar-refractivity contribution < 1.29 is 19.1 Å². The molecule has 3 saturated heterocycles. The second-order valence-corrected chi connectivity index (χ2v) is 12.2. The van der Waals surface area contributed by atoms with Gasteiger partial charge in [-0.1, -0.05) is 6.07 Å². The molecule has 196 valence electrons. The van der Waals surface area contributed by atoms with Gasteiger partial charge in [0.2, 0.25) is 11.8 Å². The molecule has 3 amide bonds. The average Bonchev–Trinajstić information content (AvgIpc) is 3.47. The number of carbonyl (C=O) groups is 3. The van der Waals surface area contributed by atoms with Crippen molar-refractivity contribution in [1.29, 1.82) is 0 Å². The Morgan fingerprint density at radius 2 is 1.86 bits per heavy atom. The molecular formula is C28H40N4O4. The van der Waals surface area contributed by atoms with E-state index >= 15 is 0 Å². The number of hydrogen-bond donors (Lipinski definition) is 1. The molecule has 1 aliphatic carbocycles. The van der Waals surface area contributed by atoms with E-state index in [0.717, 1.165) is 57.2 Å². The highest BCUT2D eigenvalue weighted by atomic mass is 16.6. The zero-order valence-electron chi connectivity index (χ0n) is 21.8. The summed E-state index contributed by atoms with van der Waals surface area (Å²) in [7, 11) is 0. The highest BCUT2D eigenvalue weighted by molar-refractivity contribution is 5.82. The van der Waals surface area contributed by atoms with Gasteiger partial charge in [-0.15, -0.1) is 0 Å². The van der Waals surface area contributed by atoms with E-state index in [-0.39, 0.29) is 35.9 Å². The Morgan fingerprint density at radius 1 is 1.11 bits per heavy atom. The minimum atomic E-state index is -0.537. The SMILES string of the molecule is CC(C)(C)OC(=O)N1[C@@H]2CC[C@@H]1[C@@H](C(=O)N1CC3CCC(C1)C3CC(=O)NCCc1cccnc1)C2. The lowest BCUT2D eigenvalue weighted by Gasteiger charge is -2.40. The fraction of sp³-hybridized carbons (Fsp3) is 0.714. The van der Waals surface area contributed by atoms with E-state index in [2.05, 4.69) is 15.2 Å². The van der Waals surface area contributed by atoms with Gasteiger partial charge in [0.1, 0.15) is 5.60 Å². The number of amides is 3. The first-order valence-corrected chi connectivity index (χ1v) is 13.7. The van der Waals surface area contributed by atoms with Crippen molar-refractivity contribution in [1.82, 2.24) is 20.1 Å². The first-order chi connectivity index (χ1) is 17.2. The van der Waals surface area contributed by atoms with Crippen LogP contribution >= 0.6 is 0 Å². The van der Waals surface area contributed by atoms with Crippen molar-refractivity contribution in [3.8, 4) is 0 Å². The zero-order valence-corrected chi connectivity index (χ0v) is 21.8. The van der Waals surface area contributed by atoms with E-state index in [4.69, 9.17) is 4.74 Å². The quantitative estimate of drug-likeness (QED) is 0.652. The monoisotopic (exact) mass is 496 g/mol. The van der Waals surface area contributed by atoms with Crippen LogP contribution in [0.25, 0.3) is 0 Å². The normalized spacial score (nSPS) is 31.0. The number of likely N-dealkylation sites (tertiary alicyclic amines) is 1. The Labute approximate surface area is 214 Å². The van der Waals surface area contributed by atoms with Gasteiger partial charge in [0.25, 0.3) is 0 Å². The number of nitrogens with one attached hydrogen (secondary N) is 1. The Morgan fingerprint density at radius 3 is 2.53 bits per heavy atom. The molecular weight excluding hydrogens is 456 g/mol. The zero-order chi connectivity index (χ0) is 25.4. The molecule has 4 aliphatic rings. The molecule has 1 saturated carbocycles. The van der Waals surface area contributed by atoms with Crippen LogP contribution in [0.15, 0.2) is 24.5 Å². The van der Waals surface area contributed by atoms with Crippen LogP contribution in [0.5, 0.6) is 0 Å². The van der Waals surface area contributed by atoms with Gasteiger partial charge < -0.3 is 19.9 Å². The molecule has 0 aromatic carbocycles. The highest BCUT2D eigenvalue weighted by Crippen LogP contribution is 2.47. The van der Waals surface area contributed by atoms with Crippen molar-refractivity contribution in [2.24, 2.45) is 23.7 Å². The Hall–Kier alpha value is -2.64. The number of aromatic nitrogens is 1. The van der Waals surface area contributed by atoms with Crippen molar-refractivity contribution in [3.05, 3.63) is 30.1 Å². The van der Waals surface area contributed by atoms with E-state index in [0.29, 0.717) is 30.7 Å². The molecule has 4 bridgehead atoms. The number of pyridine rings is 1. The summed E-state index contributed by atoms with van der Waals surface area (Å²) in [6.07, 6.45) is 9.39. The molecule has 8 nitrogen and oxygen atoms in total. The predicted octanol–water partition coefficient (Wildman–Crippen LogP) is 3.40.